The normalized spacial score (nSPS) is 18.8. The summed E-state index contributed by atoms with van der Waals surface area (Å²) in [4.78, 5) is 14.3. The van der Waals surface area contributed by atoms with Gasteiger partial charge in [0.05, 0.1) is 5.02 Å². The van der Waals surface area contributed by atoms with Crippen molar-refractivity contribution in [3.05, 3.63) is 34.6 Å². The first-order chi connectivity index (χ1) is 10.1. The van der Waals surface area contributed by atoms with E-state index in [0.717, 1.165) is 45.4 Å². The molecule has 1 heterocycles. The molecule has 5 heteroatoms. The summed E-state index contributed by atoms with van der Waals surface area (Å²) in [6.07, 6.45) is 4.25. The minimum absolute atomic E-state index is 0.00509. The summed E-state index contributed by atoms with van der Waals surface area (Å²) in [5, 5.41) is -0.00509. The van der Waals surface area contributed by atoms with E-state index in [4.69, 9.17) is 16.3 Å². The fourth-order valence-electron chi connectivity index (χ4n) is 2.81. The molecule has 0 spiro atoms. The summed E-state index contributed by atoms with van der Waals surface area (Å²) >= 11 is 5.75. The second kappa shape index (κ2) is 7.76. The van der Waals surface area contributed by atoms with Gasteiger partial charge in [-0.1, -0.05) is 11.6 Å². The predicted molar refractivity (Wildman–Crippen MR) is 81.1 cm³/mol. The SMILES string of the molecule is COCCC[C@H]1CCCN(C(=O)c2ccc(F)c(Cl)c2)C1. The summed E-state index contributed by atoms with van der Waals surface area (Å²) in [6.45, 7) is 2.28. The van der Waals surface area contributed by atoms with Crippen molar-refractivity contribution in [2.75, 3.05) is 26.8 Å². The van der Waals surface area contributed by atoms with Crippen molar-refractivity contribution >= 4 is 17.5 Å². The van der Waals surface area contributed by atoms with E-state index >= 15 is 0 Å². The summed E-state index contributed by atoms with van der Waals surface area (Å²) in [7, 11) is 1.70. The summed E-state index contributed by atoms with van der Waals surface area (Å²) in [5.74, 6) is -0.0357. The van der Waals surface area contributed by atoms with Gasteiger partial charge in [-0.25, -0.2) is 4.39 Å². The lowest BCUT2D eigenvalue weighted by atomic mass is 9.93. The molecule has 1 fully saturated rings. The van der Waals surface area contributed by atoms with E-state index in [1.807, 2.05) is 4.90 Å². The highest BCUT2D eigenvalue weighted by Crippen LogP contribution is 2.24. The Balaban J connectivity index is 1.96. The fraction of sp³-hybridized carbons (Fsp3) is 0.562. The van der Waals surface area contributed by atoms with E-state index < -0.39 is 5.82 Å². The Morgan fingerprint density at radius 2 is 2.33 bits per heavy atom. The molecule has 2 rings (SSSR count). The standard InChI is InChI=1S/C16H21ClFNO2/c1-21-9-3-5-12-4-2-8-19(11-12)16(20)13-6-7-15(18)14(17)10-13/h6-7,10,12H,2-5,8-9,11H2,1H3/t12-/m1/s1. The van der Waals surface area contributed by atoms with Gasteiger partial charge in [0.15, 0.2) is 0 Å². The van der Waals surface area contributed by atoms with E-state index in [-0.39, 0.29) is 10.9 Å². The van der Waals surface area contributed by atoms with Crippen LogP contribution < -0.4 is 0 Å². The smallest absolute Gasteiger partial charge is 0.253 e. The topological polar surface area (TPSA) is 29.5 Å². The van der Waals surface area contributed by atoms with Gasteiger partial charge in [-0.3, -0.25) is 4.79 Å². The van der Waals surface area contributed by atoms with Gasteiger partial charge in [-0.15, -0.1) is 0 Å². The number of benzene rings is 1. The number of carbonyl (C=O) groups excluding carboxylic acids is 1. The van der Waals surface area contributed by atoms with Crippen LogP contribution in [0, 0.1) is 11.7 Å². The number of nitrogens with zero attached hydrogens (tertiary/aromatic N) is 1. The first-order valence-electron chi connectivity index (χ1n) is 7.35. The Morgan fingerprint density at radius 3 is 3.05 bits per heavy atom. The van der Waals surface area contributed by atoms with Crippen LogP contribution in [-0.2, 0) is 4.74 Å². The molecule has 3 nitrogen and oxygen atoms in total. The van der Waals surface area contributed by atoms with Gasteiger partial charge in [-0.05, 0) is 49.8 Å². The van der Waals surface area contributed by atoms with Crippen LogP contribution in [0.4, 0.5) is 4.39 Å². The Kier molecular flexibility index (Phi) is 6.00. The van der Waals surface area contributed by atoms with E-state index in [1.165, 1.54) is 18.2 Å². The number of methoxy groups -OCH3 is 1. The van der Waals surface area contributed by atoms with Gasteiger partial charge < -0.3 is 9.64 Å². The molecule has 0 unspecified atom stereocenters. The first kappa shape index (κ1) is 16.2. The second-order valence-electron chi connectivity index (χ2n) is 5.52. The number of halogens is 2. The third-order valence-corrected chi connectivity index (χ3v) is 4.22. The van der Waals surface area contributed by atoms with Crippen molar-refractivity contribution in [3.8, 4) is 0 Å². The van der Waals surface area contributed by atoms with Gasteiger partial charge in [0.1, 0.15) is 5.82 Å². The fourth-order valence-corrected chi connectivity index (χ4v) is 2.99. The molecule has 116 valence electrons. The molecular weight excluding hydrogens is 293 g/mol. The monoisotopic (exact) mass is 313 g/mol. The Bertz CT molecular complexity index is 495. The molecule has 1 aliphatic rings. The van der Waals surface area contributed by atoms with E-state index in [9.17, 15) is 9.18 Å². The number of ether oxygens (including phenoxy) is 1. The quantitative estimate of drug-likeness (QED) is 0.775. The van der Waals surface area contributed by atoms with Crippen LogP contribution in [0.2, 0.25) is 5.02 Å². The molecule has 0 aliphatic carbocycles. The van der Waals surface area contributed by atoms with Crippen molar-refractivity contribution in [2.24, 2.45) is 5.92 Å². The molecule has 1 aromatic carbocycles. The van der Waals surface area contributed by atoms with Crippen molar-refractivity contribution in [1.29, 1.82) is 0 Å². The number of hydrogen-bond acceptors (Lipinski definition) is 2. The van der Waals surface area contributed by atoms with Crippen LogP contribution in [0.3, 0.4) is 0 Å². The van der Waals surface area contributed by atoms with E-state index in [1.54, 1.807) is 7.11 Å². The maximum absolute atomic E-state index is 13.2. The van der Waals surface area contributed by atoms with Gasteiger partial charge in [0.2, 0.25) is 0 Å². The minimum atomic E-state index is -0.496. The van der Waals surface area contributed by atoms with E-state index in [2.05, 4.69) is 0 Å². The lowest BCUT2D eigenvalue weighted by molar-refractivity contribution is 0.0660. The molecule has 0 aromatic heterocycles. The van der Waals surface area contributed by atoms with Crippen LogP contribution >= 0.6 is 11.6 Å². The molecule has 0 N–H and O–H groups in total. The Labute approximate surface area is 130 Å². The minimum Gasteiger partial charge on any atom is -0.385 e. The molecule has 0 radical (unpaired) electrons. The Hall–Kier alpha value is -1.13. The summed E-state index contributed by atoms with van der Waals surface area (Å²) in [5.41, 5.74) is 0.457. The number of hydrogen-bond donors (Lipinski definition) is 0. The highest BCUT2D eigenvalue weighted by atomic mass is 35.5. The maximum Gasteiger partial charge on any atom is 0.253 e. The highest BCUT2D eigenvalue weighted by Gasteiger charge is 2.24. The van der Waals surface area contributed by atoms with Crippen LogP contribution in [0.25, 0.3) is 0 Å². The van der Waals surface area contributed by atoms with Gasteiger partial charge in [0, 0.05) is 32.4 Å². The van der Waals surface area contributed by atoms with Crippen molar-refractivity contribution in [3.63, 3.8) is 0 Å². The average molecular weight is 314 g/mol. The maximum atomic E-state index is 13.2. The lowest BCUT2D eigenvalue weighted by Gasteiger charge is -2.33. The molecule has 0 saturated carbocycles. The molecule has 1 atom stereocenters. The predicted octanol–water partition coefficient (Wildman–Crippen LogP) is 3.76. The number of rotatable bonds is 5. The van der Waals surface area contributed by atoms with Gasteiger partial charge >= 0.3 is 0 Å². The number of amides is 1. The average Bonchev–Trinajstić information content (AvgIpc) is 2.50. The zero-order chi connectivity index (χ0) is 15.2. The Morgan fingerprint density at radius 1 is 1.52 bits per heavy atom. The van der Waals surface area contributed by atoms with Gasteiger partial charge in [-0.2, -0.15) is 0 Å². The van der Waals surface area contributed by atoms with Crippen molar-refractivity contribution < 1.29 is 13.9 Å². The lowest BCUT2D eigenvalue weighted by Crippen LogP contribution is -2.40. The molecule has 1 amide bonds. The van der Waals surface area contributed by atoms with Crippen LogP contribution in [0.5, 0.6) is 0 Å². The molecule has 21 heavy (non-hydrogen) atoms. The zero-order valence-electron chi connectivity index (χ0n) is 12.3. The highest BCUT2D eigenvalue weighted by molar-refractivity contribution is 6.31. The number of likely N-dealkylation sites (tertiary alicyclic amines) is 1. The number of carbonyl (C=O) groups is 1. The van der Waals surface area contributed by atoms with Crippen molar-refractivity contribution in [1.82, 2.24) is 4.90 Å². The zero-order valence-corrected chi connectivity index (χ0v) is 13.0. The molecule has 1 aliphatic heterocycles. The second-order valence-corrected chi connectivity index (χ2v) is 5.93. The van der Waals surface area contributed by atoms with Crippen LogP contribution in [-0.4, -0.2) is 37.6 Å². The number of piperidine rings is 1. The first-order valence-corrected chi connectivity index (χ1v) is 7.73. The van der Waals surface area contributed by atoms with E-state index in [0.29, 0.717) is 11.5 Å². The molecule has 0 bridgehead atoms. The third-order valence-electron chi connectivity index (χ3n) is 3.93. The van der Waals surface area contributed by atoms with Crippen LogP contribution in [0.1, 0.15) is 36.0 Å². The van der Waals surface area contributed by atoms with Crippen molar-refractivity contribution in [2.45, 2.75) is 25.7 Å². The molecular formula is C16H21ClFNO2. The van der Waals surface area contributed by atoms with Crippen LogP contribution in [0.15, 0.2) is 18.2 Å². The molecule has 1 saturated heterocycles. The molecule has 1 aromatic rings. The summed E-state index contributed by atoms with van der Waals surface area (Å²) in [6, 6.07) is 4.15. The summed E-state index contributed by atoms with van der Waals surface area (Å²) < 4.78 is 18.2. The van der Waals surface area contributed by atoms with Gasteiger partial charge in [0.25, 0.3) is 5.91 Å². The third kappa shape index (κ3) is 4.42. The largest absolute Gasteiger partial charge is 0.385 e.